The second-order valence-electron chi connectivity index (χ2n) is 3.89. The van der Waals surface area contributed by atoms with Gasteiger partial charge in [0.15, 0.2) is 0 Å². The summed E-state index contributed by atoms with van der Waals surface area (Å²) in [6, 6.07) is 6.74. The molecule has 0 amide bonds. The first-order chi connectivity index (χ1) is 6.61. The molecule has 0 aliphatic rings. The Kier molecular flexibility index (Phi) is 4.08. The van der Waals surface area contributed by atoms with Crippen LogP contribution in [0.4, 0.5) is 4.39 Å². The van der Waals surface area contributed by atoms with E-state index in [1.54, 1.807) is 12.1 Å². The predicted molar refractivity (Wildman–Crippen MR) is 55.6 cm³/mol. The summed E-state index contributed by atoms with van der Waals surface area (Å²) in [7, 11) is 0. The van der Waals surface area contributed by atoms with Crippen LogP contribution in [0.3, 0.4) is 0 Å². The quantitative estimate of drug-likeness (QED) is 0.715. The Morgan fingerprint density at radius 2 is 1.86 bits per heavy atom. The zero-order valence-corrected chi connectivity index (χ0v) is 8.96. The Labute approximate surface area is 84.9 Å². The molecule has 1 aromatic carbocycles. The largest absolute Gasteiger partial charge is 0.373 e. The van der Waals surface area contributed by atoms with Crippen molar-refractivity contribution < 1.29 is 9.13 Å². The van der Waals surface area contributed by atoms with Gasteiger partial charge in [-0.2, -0.15) is 0 Å². The Balaban J connectivity index is 2.60. The first-order valence-electron chi connectivity index (χ1n) is 4.97. The first kappa shape index (κ1) is 11.2. The summed E-state index contributed by atoms with van der Waals surface area (Å²) in [5.41, 5.74) is 0.633. The van der Waals surface area contributed by atoms with Crippen LogP contribution in [-0.2, 0) is 4.74 Å². The second-order valence-corrected chi connectivity index (χ2v) is 3.89. The fourth-order valence-electron chi connectivity index (χ4n) is 1.23. The van der Waals surface area contributed by atoms with Crippen LogP contribution in [0.15, 0.2) is 24.3 Å². The number of hydrogen-bond acceptors (Lipinski definition) is 1. The Morgan fingerprint density at radius 1 is 1.21 bits per heavy atom. The van der Waals surface area contributed by atoms with E-state index < -0.39 is 0 Å². The summed E-state index contributed by atoms with van der Waals surface area (Å²) in [4.78, 5) is 0. The molecule has 0 heterocycles. The molecule has 0 aliphatic carbocycles. The summed E-state index contributed by atoms with van der Waals surface area (Å²) in [5.74, 6) is 0.285. The minimum Gasteiger partial charge on any atom is -0.373 e. The molecule has 0 aliphatic heterocycles. The van der Waals surface area contributed by atoms with E-state index in [4.69, 9.17) is 4.74 Å². The van der Waals surface area contributed by atoms with Gasteiger partial charge in [0.2, 0.25) is 0 Å². The minimum absolute atomic E-state index is 0.168. The molecule has 2 heteroatoms. The van der Waals surface area contributed by atoms with Crippen molar-refractivity contribution in [3.63, 3.8) is 0 Å². The van der Waals surface area contributed by atoms with Crippen molar-refractivity contribution in [1.82, 2.24) is 0 Å². The van der Waals surface area contributed by atoms with Gasteiger partial charge in [-0.1, -0.05) is 32.0 Å². The van der Waals surface area contributed by atoms with Crippen molar-refractivity contribution in [2.75, 3.05) is 6.61 Å². The van der Waals surface area contributed by atoms with E-state index in [2.05, 4.69) is 13.8 Å². The maximum absolute atomic E-state index is 13.3. The summed E-state index contributed by atoms with van der Waals surface area (Å²) >= 11 is 0. The molecule has 1 nitrogen and oxygen atoms in total. The molecule has 0 aromatic heterocycles. The molecule has 1 unspecified atom stereocenters. The highest BCUT2D eigenvalue weighted by atomic mass is 19.1. The molecular formula is C12H17FO. The number of benzene rings is 1. The van der Waals surface area contributed by atoms with Gasteiger partial charge in [-0.05, 0) is 18.9 Å². The molecule has 0 bridgehead atoms. The number of halogens is 1. The van der Waals surface area contributed by atoms with Crippen molar-refractivity contribution in [3.05, 3.63) is 35.6 Å². The Bertz CT molecular complexity index is 283. The lowest BCUT2D eigenvalue weighted by Gasteiger charge is -2.15. The first-order valence-corrected chi connectivity index (χ1v) is 4.97. The molecule has 78 valence electrons. The smallest absolute Gasteiger partial charge is 0.128 e. The van der Waals surface area contributed by atoms with Crippen molar-refractivity contribution >= 4 is 0 Å². The molecule has 0 spiro atoms. The average Bonchev–Trinajstić information content (AvgIpc) is 2.15. The summed E-state index contributed by atoms with van der Waals surface area (Å²) in [5, 5.41) is 0. The molecule has 0 N–H and O–H groups in total. The monoisotopic (exact) mass is 196 g/mol. The molecule has 0 fully saturated rings. The molecule has 1 atom stereocenters. The van der Waals surface area contributed by atoms with Crippen LogP contribution >= 0.6 is 0 Å². The van der Waals surface area contributed by atoms with Crippen LogP contribution in [-0.4, -0.2) is 6.61 Å². The van der Waals surface area contributed by atoms with Gasteiger partial charge in [0.05, 0.1) is 6.10 Å². The van der Waals surface area contributed by atoms with E-state index >= 15 is 0 Å². The van der Waals surface area contributed by atoms with Gasteiger partial charge in [-0.25, -0.2) is 4.39 Å². The highest BCUT2D eigenvalue weighted by Gasteiger charge is 2.10. The second kappa shape index (κ2) is 5.11. The fraction of sp³-hybridized carbons (Fsp3) is 0.500. The van der Waals surface area contributed by atoms with Gasteiger partial charge in [0, 0.05) is 12.2 Å². The van der Waals surface area contributed by atoms with Crippen molar-refractivity contribution in [3.8, 4) is 0 Å². The highest BCUT2D eigenvalue weighted by molar-refractivity contribution is 5.19. The van der Waals surface area contributed by atoms with Gasteiger partial charge in [-0.3, -0.25) is 0 Å². The van der Waals surface area contributed by atoms with Gasteiger partial charge < -0.3 is 4.74 Å². The van der Waals surface area contributed by atoms with Crippen LogP contribution in [0.1, 0.15) is 32.4 Å². The van der Waals surface area contributed by atoms with E-state index in [1.807, 2.05) is 13.0 Å². The minimum atomic E-state index is -0.191. The zero-order valence-electron chi connectivity index (χ0n) is 8.96. The van der Waals surface area contributed by atoms with E-state index in [0.717, 1.165) is 0 Å². The average molecular weight is 196 g/mol. The van der Waals surface area contributed by atoms with Gasteiger partial charge in [0.1, 0.15) is 5.82 Å². The van der Waals surface area contributed by atoms with E-state index in [1.165, 1.54) is 6.07 Å². The molecule has 1 rings (SSSR count). The summed E-state index contributed by atoms with van der Waals surface area (Å²) < 4.78 is 18.8. The van der Waals surface area contributed by atoms with Gasteiger partial charge >= 0.3 is 0 Å². The highest BCUT2D eigenvalue weighted by Crippen LogP contribution is 2.20. The van der Waals surface area contributed by atoms with Crippen molar-refractivity contribution in [2.45, 2.75) is 26.9 Å². The molecule has 0 saturated carbocycles. The Morgan fingerprint density at radius 3 is 2.43 bits per heavy atom. The molecule has 0 saturated heterocycles. The molecule has 14 heavy (non-hydrogen) atoms. The van der Waals surface area contributed by atoms with Gasteiger partial charge in [0.25, 0.3) is 0 Å². The van der Waals surface area contributed by atoms with Crippen molar-refractivity contribution in [1.29, 1.82) is 0 Å². The number of hydrogen-bond donors (Lipinski definition) is 0. The SMILES string of the molecule is CC(C)COC(C)c1ccccc1F. The molecular weight excluding hydrogens is 179 g/mol. The molecule has 1 aromatic rings. The third-order valence-electron chi connectivity index (χ3n) is 2.02. The van der Waals surface area contributed by atoms with Crippen LogP contribution < -0.4 is 0 Å². The normalized spacial score (nSPS) is 13.2. The predicted octanol–water partition coefficient (Wildman–Crippen LogP) is 3.56. The lowest BCUT2D eigenvalue weighted by molar-refractivity contribution is 0.0448. The maximum atomic E-state index is 13.3. The fourth-order valence-corrected chi connectivity index (χ4v) is 1.23. The van der Waals surface area contributed by atoms with Crippen LogP contribution in [0.2, 0.25) is 0 Å². The van der Waals surface area contributed by atoms with E-state index in [9.17, 15) is 4.39 Å². The van der Waals surface area contributed by atoms with Crippen LogP contribution in [0, 0.1) is 11.7 Å². The van der Waals surface area contributed by atoms with E-state index in [0.29, 0.717) is 18.1 Å². The summed E-state index contributed by atoms with van der Waals surface area (Å²) in [6.07, 6.45) is -0.168. The third-order valence-corrected chi connectivity index (χ3v) is 2.02. The van der Waals surface area contributed by atoms with Crippen LogP contribution in [0.25, 0.3) is 0 Å². The Hall–Kier alpha value is -0.890. The standard InChI is InChI=1S/C12H17FO/c1-9(2)8-14-10(3)11-6-4-5-7-12(11)13/h4-7,9-10H,8H2,1-3H3. The number of ether oxygens (including phenoxy) is 1. The lowest BCUT2D eigenvalue weighted by atomic mass is 10.1. The lowest BCUT2D eigenvalue weighted by Crippen LogP contribution is -2.07. The van der Waals surface area contributed by atoms with E-state index in [-0.39, 0.29) is 11.9 Å². The maximum Gasteiger partial charge on any atom is 0.128 e. The van der Waals surface area contributed by atoms with Crippen molar-refractivity contribution in [2.24, 2.45) is 5.92 Å². The zero-order chi connectivity index (χ0) is 10.6. The third kappa shape index (κ3) is 3.11. The van der Waals surface area contributed by atoms with Crippen LogP contribution in [0.5, 0.6) is 0 Å². The van der Waals surface area contributed by atoms with Gasteiger partial charge in [-0.15, -0.1) is 0 Å². The summed E-state index contributed by atoms with van der Waals surface area (Å²) in [6.45, 7) is 6.69. The topological polar surface area (TPSA) is 9.23 Å². The number of rotatable bonds is 4. The molecule has 0 radical (unpaired) electrons.